The zero-order valence-corrected chi connectivity index (χ0v) is 14.1. The molecule has 0 bridgehead atoms. The summed E-state index contributed by atoms with van der Waals surface area (Å²) in [5.41, 5.74) is 0. The van der Waals surface area contributed by atoms with Crippen LogP contribution in [0.25, 0.3) is 6.08 Å². The third-order valence-corrected chi connectivity index (χ3v) is 4.95. The lowest BCUT2D eigenvalue weighted by molar-refractivity contribution is -0.125. The topological polar surface area (TPSA) is 64.2 Å². The Morgan fingerprint density at radius 3 is 3.08 bits per heavy atom. The molecule has 1 amide bonds. The number of nitrogens with zero attached hydrogens (tertiary/aromatic N) is 4. The van der Waals surface area contributed by atoms with E-state index in [-0.39, 0.29) is 5.91 Å². The average molecular weight is 326 g/mol. The normalized spacial score (nSPS) is 22.1. The summed E-state index contributed by atoms with van der Waals surface area (Å²) in [4.78, 5) is 13.9. The highest BCUT2D eigenvalue weighted by Crippen LogP contribution is 2.47. The van der Waals surface area contributed by atoms with E-state index in [1.807, 2.05) is 12.1 Å². The second kappa shape index (κ2) is 5.92. The van der Waals surface area contributed by atoms with E-state index in [0.717, 1.165) is 42.6 Å². The van der Waals surface area contributed by atoms with Crippen LogP contribution in [0, 0.1) is 5.92 Å². The first-order chi connectivity index (χ1) is 11.6. The van der Waals surface area contributed by atoms with E-state index in [1.54, 1.807) is 24.1 Å². The van der Waals surface area contributed by atoms with Crippen molar-refractivity contribution in [3.05, 3.63) is 41.4 Å². The molecule has 0 aromatic carbocycles. The SMILES string of the molecule is CC1CC1c1ccc(/C=C/C(=O)N(C)Cc2nnc3n2CCC3)o1. The molecule has 24 heavy (non-hydrogen) atoms. The molecule has 126 valence electrons. The number of carbonyl (C=O) groups is 1. The number of likely N-dealkylation sites (N-methyl/N-ethyl adjacent to an activating group) is 1. The highest BCUT2D eigenvalue weighted by atomic mass is 16.3. The number of carbonyl (C=O) groups excluding carboxylic acids is 1. The Bertz CT molecular complexity index is 789. The standard InChI is InChI=1S/C18H22N4O2/c1-12-10-14(12)15-7-5-13(24-15)6-8-18(23)21(2)11-17-20-19-16-4-3-9-22(16)17/h5-8,12,14H,3-4,9-11H2,1-2H3/b8-6+. The quantitative estimate of drug-likeness (QED) is 0.792. The predicted octanol–water partition coefficient (Wildman–Crippen LogP) is 2.61. The average Bonchev–Trinajstić information content (AvgIpc) is 3.00. The van der Waals surface area contributed by atoms with Crippen molar-refractivity contribution >= 4 is 12.0 Å². The van der Waals surface area contributed by atoms with Crippen molar-refractivity contribution in [2.75, 3.05) is 7.05 Å². The Kier molecular flexibility index (Phi) is 3.75. The summed E-state index contributed by atoms with van der Waals surface area (Å²) in [5, 5.41) is 8.37. The van der Waals surface area contributed by atoms with Crippen molar-refractivity contribution < 1.29 is 9.21 Å². The van der Waals surface area contributed by atoms with Gasteiger partial charge in [-0.25, -0.2) is 0 Å². The number of fused-ring (bicyclic) bond motifs is 1. The summed E-state index contributed by atoms with van der Waals surface area (Å²) in [5.74, 6) is 4.85. The molecule has 0 N–H and O–H groups in total. The third kappa shape index (κ3) is 2.88. The van der Waals surface area contributed by atoms with Crippen LogP contribution in [0.1, 0.15) is 48.9 Å². The summed E-state index contributed by atoms with van der Waals surface area (Å²) in [6.07, 6.45) is 6.58. The van der Waals surface area contributed by atoms with Gasteiger partial charge >= 0.3 is 0 Å². The number of aromatic nitrogens is 3. The van der Waals surface area contributed by atoms with Gasteiger partial charge in [-0.2, -0.15) is 0 Å². The van der Waals surface area contributed by atoms with Gasteiger partial charge in [0.05, 0.1) is 6.54 Å². The smallest absolute Gasteiger partial charge is 0.246 e. The van der Waals surface area contributed by atoms with Crippen molar-refractivity contribution in [3.63, 3.8) is 0 Å². The molecule has 1 aliphatic carbocycles. The van der Waals surface area contributed by atoms with Crippen LogP contribution in [-0.2, 0) is 24.3 Å². The Labute approximate surface area is 141 Å². The van der Waals surface area contributed by atoms with Crippen LogP contribution in [-0.4, -0.2) is 32.6 Å². The van der Waals surface area contributed by atoms with Crippen LogP contribution in [0.2, 0.25) is 0 Å². The van der Waals surface area contributed by atoms with Gasteiger partial charge in [0.2, 0.25) is 5.91 Å². The molecule has 2 atom stereocenters. The zero-order chi connectivity index (χ0) is 16.7. The van der Waals surface area contributed by atoms with Crippen LogP contribution < -0.4 is 0 Å². The van der Waals surface area contributed by atoms with Gasteiger partial charge in [-0.15, -0.1) is 10.2 Å². The maximum Gasteiger partial charge on any atom is 0.246 e. The number of rotatable bonds is 5. The van der Waals surface area contributed by atoms with E-state index in [4.69, 9.17) is 4.42 Å². The Morgan fingerprint density at radius 2 is 2.29 bits per heavy atom. The van der Waals surface area contributed by atoms with Crippen molar-refractivity contribution in [3.8, 4) is 0 Å². The summed E-state index contributed by atoms with van der Waals surface area (Å²) < 4.78 is 7.90. The van der Waals surface area contributed by atoms with E-state index in [2.05, 4.69) is 21.7 Å². The third-order valence-electron chi connectivity index (χ3n) is 4.95. The largest absolute Gasteiger partial charge is 0.461 e. The van der Waals surface area contributed by atoms with E-state index >= 15 is 0 Å². The highest BCUT2D eigenvalue weighted by Gasteiger charge is 2.36. The molecule has 0 spiro atoms. The molecule has 0 saturated heterocycles. The Morgan fingerprint density at radius 1 is 1.46 bits per heavy atom. The van der Waals surface area contributed by atoms with Crippen molar-refractivity contribution in [1.29, 1.82) is 0 Å². The number of aryl methyl sites for hydroxylation is 1. The minimum atomic E-state index is -0.0666. The minimum Gasteiger partial charge on any atom is -0.461 e. The van der Waals surface area contributed by atoms with Crippen LogP contribution >= 0.6 is 0 Å². The van der Waals surface area contributed by atoms with Crippen LogP contribution in [0.4, 0.5) is 0 Å². The highest BCUT2D eigenvalue weighted by molar-refractivity contribution is 5.91. The molecule has 0 radical (unpaired) electrons. The van der Waals surface area contributed by atoms with E-state index in [1.165, 1.54) is 6.42 Å². The molecule has 3 heterocycles. The second-order valence-electron chi connectivity index (χ2n) is 6.87. The van der Waals surface area contributed by atoms with Crippen molar-refractivity contribution in [1.82, 2.24) is 19.7 Å². The second-order valence-corrected chi connectivity index (χ2v) is 6.87. The first kappa shape index (κ1) is 15.2. The molecule has 1 fully saturated rings. The molecule has 1 aliphatic heterocycles. The molecule has 2 aliphatic rings. The first-order valence-corrected chi connectivity index (χ1v) is 8.55. The van der Waals surface area contributed by atoms with Gasteiger partial charge in [-0.05, 0) is 37.0 Å². The van der Waals surface area contributed by atoms with Gasteiger partial charge in [0.25, 0.3) is 0 Å². The monoisotopic (exact) mass is 326 g/mol. The predicted molar refractivity (Wildman–Crippen MR) is 89.1 cm³/mol. The lowest BCUT2D eigenvalue weighted by Gasteiger charge is -2.14. The van der Waals surface area contributed by atoms with Gasteiger partial charge in [-0.1, -0.05) is 6.92 Å². The molecule has 2 aromatic rings. The number of furan rings is 1. The fraction of sp³-hybridized carbons (Fsp3) is 0.500. The fourth-order valence-corrected chi connectivity index (χ4v) is 3.27. The molecule has 2 unspecified atom stereocenters. The van der Waals surface area contributed by atoms with Crippen LogP contribution in [0.15, 0.2) is 22.6 Å². The van der Waals surface area contributed by atoms with Crippen LogP contribution in [0.5, 0.6) is 0 Å². The molecule has 2 aromatic heterocycles. The van der Waals surface area contributed by atoms with E-state index < -0.39 is 0 Å². The van der Waals surface area contributed by atoms with Crippen molar-refractivity contribution in [2.24, 2.45) is 5.92 Å². The Balaban J connectivity index is 1.37. The molecule has 1 saturated carbocycles. The number of hydrogen-bond donors (Lipinski definition) is 0. The van der Waals surface area contributed by atoms with Gasteiger partial charge in [0, 0.05) is 32.0 Å². The summed E-state index contributed by atoms with van der Waals surface area (Å²) in [6.45, 7) is 3.64. The lowest BCUT2D eigenvalue weighted by atomic mass is 10.3. The lowest BCUT2D eigenvalue weighted by Crippen LogP contribution is -2.25. The van der Waals surface area contributed by atoms with Gasteiger partial charge < -0.3 is 13.9 Å². The number of hydrogen-bond acceptors (Lipinski definition) is 4. The van der Waals surface area contributed by atoms with Gasteiger partial charge in [0.15, 0.2) is 5.82 Å². The first-order valence-electron chi connectivity index (χ1n) is 8.55. The van der Waals surface area contributed by atoms with Gasteiger partial charge in [-0.3, -0.25) is 4.79 Å². The maximum atomic E-state index is 12.3. The minimum absolute atomic E-state index is 0.0666. The molecular weight excluding hydrogens is 304 g/mol. The maximum absolute atomic E-state index is 12.3. The molecule has 6 heteroatoms. The zero-order valence-electron chi connectivity index (χ0n) is 14.1. The van der Waals surface area contributed by atoms with Gasteiger partial charge in [0.1, 0.15) is 17.3 Å². The van der Waals surface area contributed by atoms with E-state index in [9.17, 15) is 4.79 Å². The van der Waals surface area contributed by atoms with E-state index in [0.29, 0.717) is 18.4 Å². The van der Waals surface area contributed by atoms with Crippen molar-refractivity contribution in [2.45, 2.75) is 45.2 Å². The Hall–Kier alpha value is -2.37. The molecule has 6 nitrogen and oxygen atoms in total. The molecule has 4 rings (SSSR count). The summed E-state index contributed by atoms with van der Waals surface area (Å²) in [6, 6.07) is 3.94. The molecular formula is C18H22N4O2. The number of amides is 1. The fourth-order valence-electron chi connectivity index (χ4n) is 3.27. The summed E-state index contributed by atoms with van der Waals surface area (Å²) >= 11 is 0. The van der Waals surface area contributed by atoms with Crippen LogP contribution in [0.3, 0.4) is 0 Å². The summed E-state index contributed by atoms with van der Waals surface area (Å²) in [7, 11) is 1.78.